The molecular formula is C23H35N3. The fraction of sp³-hybridized carbons (Fsp3) is 0.652. The van der Waals surface area contributed by atoms with E-state index >= 15 is 0 Å². The summed E-state index contributed by atoms with van der Waals surface area (Å²) in [5, 5.41) is 3.83. The van der Waals surface area contributed by atoms with E-state index in [1.807, 2.05) is 0 Å². The number of aromatic nitrogens is 2. The van der Waals surface area contributed by atoms with Gasteiger partial charge in [-0.15, -0.1) is 0 Å². The van der Waals surface area contributed by atoms with Crippen LogP contribution < -0.4 is 5.32 Å². The Hall–Kier alpha value is -1.64. The van der Waals surface area contributed by atoms with Gasteiger partial charge >= 0.3 is 0 Å². The molecule has 0 fully saturated rings. The van der Waals surface area contributed by atoms with Crippen LogP contribution in [0.15, 0.2) is 18.3 Å². The van der Waals surface area contributed by atoms with Crippen molar-refractivity contribution in [1.82, 2.24) is 9.97 Å². The van der Waals surface area contributed by atoms with E-state index in [9.17, 15) is 0 Å². The van der Waals surface area contributed by atoms with Crippen molar-refractivity contribution in [3.05, 3.63) is 41.0 Å². The maximum Gasteiger partial charge on any atom is 0.0556 e. The van der Waals surface area contributed by atoms with Crippen LogP contribution in [0.25, 0.3) is 0 Å². The quantitative estimate of drug-likeness (QED) is 0.580. The topological polar surface area (TPSA) is 43.6 Å². The largest absolute Gasteiger partial charge is 0.380 e. The third-order valence-corrected chi connectivity index (χ3v) is 6.62. The highest BCUT2D eigenvalue weighted by atomic mass is 15.0. The van der Waals surface area contributed by atoms with E-state index in [1.165, 1.54) is 41.2 Å². The lowest BCUT2D eigenvalue weighted by Crippen LogP contribution is -2.36. The molecule has 3 heterocycles. The molecule has 0 amide bonds. The number of hydrogen-bond acceptors (Lipinski definition) is 1. The Kier molecular flexibility index (Phi) is 4.05. The Labute approximate surface area is 158 Å². The van der Waals surface area contributed by atoms with Gasteiger partial charge in [0.2, 0.25) is 0 Å². The van der Waals surface area contributed by atoms with E-state index in [2.05, 4.69) is 75.2 Å². The molecule has 0 radical (unpaired) electrons. The molecule has 3 heteroatoms. The first-order valence-corrected chi connectivity index (χ1v) is 10.3. The van der Waals surface area contributed by atoms with Crippen molar-refractivity contribution in [2.24, 2.45) is 10.8 Å². The van der Waals surface area contributed by atoms with Crippen molar-refractivity contribution in [2.75, 3.05) is 5.32 Å². The maximum atomic E-state index is 3.83. The number of hydrogen-bond donors (Lipinski definition) is 3. The molecule has 26 heavy (non-hydrogen) atoms. The predicted octanol–water partition coefficient (Wildman–Crippen LogP) is 5.98. The lowest BCUT2D eigenvalue weighted by atomic mass is 9.64. The zero-order chi connectivity index (χ0) is 18.7. The SMILES string of the molecule is CC(C)(C)C1CCc2[nH]c(C3CCc4[nH]ccc4C3C(C)(C)C)cc2N1. The molecule has 3 N–H and O–H groups in total. The van der Waals surface area contributed by atoms with Crippen LogP contribution in [-0.4, -0.2) is 16.0 Å². The van der Waals surface area contributed by atoms with Gasteiger partial charge in [0, 0.05) is 35.2 Å². The molecule has 4 rings (SSSR count). The van der Waals surface area contributed by atoms with Crippen molar-refractivity contribution in [3.8, 4) is 0 Å². The van der Waals surface area contributed by atoms with Crippen LogP contribution in [-0.2, 0) is 12.8 Å². The second-order valence-electron chi connectivity index (χ2n) is 10.6. The van der Waals surface area contributed by atoms with E-state index < -0.39 is 0 Å². The number of H-pyrrole nitrogens is 2. The summed E-state index contributed by atoms with van der Waals surface area (Å²) in [6.07, 6.45) is 6.87. The second kappa shape index (κ2) is 5.94. The molecule has 0 aromatic carbocycles. The summed E-state index contributed by atoms with van der Waals surface area (Å²) in [4.78, 5) is 7.31. The first-order chi connectivity index (χ1) is 12.1. The van der Waals surface area contributed by atoms with E-state index in [1.54, 1.807) is 0 Å². The maximum absolute atomic E-state index is 3.83. The highest BCUT2D eigenvalue weighted by molar-refractivity contribution is 5.55. The molecule has 1 aliphatic heterocycles. The number of aryl methyl sites for hydroxylation is 2. The van der Waals surface area contributed by atoms with Gasteiger partial charge in [-0.2, -0.15) is 0 Å². The van der Waals surface area contributed by atoms with Gasteiger partial charge in [0.25, 0.3) is 0 Å². The monoisotopic (exact) mass is 353 g/mol. The lowest BCUT2D eigenvalue weighted by Gasteiger charge is -2.40. The minimum atomic E-state index is 0.245. The Balaban J connectivity index is 1.67. The predicted molar refractivity (Wildman–Crippen MR) is 110 cm³/mol. The number of rotatable bonds is 1. The van der Waals surface area contributed by atoms with E-state index in [0.717, 1.165) is 12.8 Å². The molecule has 142 valence electrons. The average molecular weight is 354 g/mol. The lowest BCUT2D eigenvalue weighted by molar-refractivity contribution is 0.256. The summed E-state index contributed by atoms with van der Waals surface area (Å²) in [5.41, 5.74) is 7.71. The Morgan fingerprint density at radius 1 is 0.923 bits per heavy atom. The Bertz CT molecular complexity index is 781. The molecule has 3 nitrogen and oxygen atoms in total. The van der Waals surface area contributed by atoms with Gasteiger partial charge in [-0.1, -0.05) is 41.5 Å². The highest BCUT2D eigenvalue weighted by Crippen LogP contribution is 2.51. The molecule has 0 saturated heterocycles. The summed E-state index contributed by atoms with van der Waals surface area (Å²) in [5.74, 6) is 1.12. The number of fused-ring (bicyclic) bond motifs is 2. The fourth-order valence-electron chi connectivity index (χ4n) is 5.26. The van der Waals surface area contributed by atoms with Crippen molar-refractivity contribution < 1.29 is 0 Å². The standard InChI is InChI=1S/C23H35N3/c1-22(2,3)20-10-9-17-19(26-20)13-18(25-17)14-7-8-16-15(11-12-24-16)21(14)23(4,5)6/h11-14,20-21,24-26H,7-10H2,1-6H3. The Morgan fingerprint density at radius 3 is 2.35 bits per heavy atom. The average Bonchev–Trinajstić information content (AvgIpc) is 3.17. The fourth-order valence-corrected chi connectivity index (χ4v) is 5.26. The summed E-state index contributed by atoms with van der Waals surface area (Å²) in [6, 6.07) is 5.29. The van der Waals surface area contributed by atoms with Gasteiger partial charge in [0.1, 0.15) is 0 Å². The highest BCUT2D eigenvalue weighted by Gasteiger charge is 2.40. The van der Waals surface area contributed by atoms with Gasteiger partial charge in [-0.3, -0.25) is 0 Å². The minimum absolute atomic E-state index is 0.245. The molecule has 3 unspecified atom stereocenters. The molecule has 3 atom stereocenters. The van der Waals surface area contributed by atoms with Crippen LogP contribution >= 0.6 is 0 Å². The van der Waals surface area contributed by atoms with Crippen molar-refractivity contribution in [3.63, 3.8) is 0 Å². The smallest absolute Gasteiger partial charge is 0.0556 e. The van der Waals surface area contributed by atoms with E-state index in [4.69, 9.17) is 0 Å². The molecule has 0 saturated carbocycles. The van der Waals surface area contributed by atoms with Crippen LogP contribution in [0.5, 0.6) is 0 Å². The van der Waals surface area contributed by atoms with E-state index in [0.29, 0.717) is 23.3 Å². The molecule has 0 bridgehead atoms. The molecule has 1 aliphatic carbocycles. The molecule has 0 spiro atoms. The zero-order valence-electron chi connectivity index (χ0n) is 17.3. The first kappa shape index (κ1) is 17.8. The van der Waals surface area contributed by atoms with Gasteiger partial charge in [-0.05, 0) is 60.1 Å². The van der Waals surface area contributed by atoms with Crippen molar-refractivity contribution in [2.45, 2.75) is 85.1 Å². The number of anilines is 1. The summed E-state index contributed by atoms with van der Waals surface area (Å²) < 4.78 is 0. The first-order valence-electron chi connectivity index (χ1n) is 10.3. The van der Waals surface area contributed by atoms with Crippen LogP contribution in [0.1, 0.15) is 88.9 Å². The van der Waals surface area contributed by atoms with E-state index in [-0.39, 0.29) is 5.41 Å². The van der Waals surface area contributed by atoms with Crippen LogP contribution in [0.3, 0.4) is 0 Å². The van der Waals surface area contributed by atoms with Crippen molar-refractivity contribution >= 4 is 5.69 Å². The third-order valence-electron chi connectivity index (χ3n) is 6.62. The second-order valence-corrected chi connectivity index (χ2v) is 10.6. The van der Waals surface area contributed by atoms with Crippen LogP contribution in [0.4, 0.5) is 5.69 Å². The van der Waals surface area contributed by atoms with Crippen molar-refractivity contribution in [1.29, 1.82) is 0 Å². The minimum Gasteiger partial charge on any atom is -0.380 e. The summed E-state index contributed by atoms with van der Waals surface area (Å²) in [6.45, 7) is 14.2. The van der Waals surface area contributed by atoms with Gasteiger partial charge < -0.3 is 15.3 Å². The van der Waals surface area contributed by atoms with Crippen LogP contribution in [0, 0.1) is 10.8 Å². The number of nitrogens with one attached hydrogen (secondary N) is 3. The summed E-state index contributed by atoms with van der Waals surface area (Å²) >= 11 is 0. The summed E-state index contributed by atoms with van der Waals surface area (Å²) in [7, 11) is 0. The van der Waals surface area contributed by atoms with Gasteiger partial charge in [0.05, 0.1) is 5.69 Å². The molecule has 2 aromatic rings. The number of aromatic amines is 2. The third kappa shape index (κ3) is 3.00. The van der Waals surface area contributed by atoms with Gasteiger partial charge in [0.15, 0.2) is 0 Å². The molecule has 2 aliphatic rings. The van der Waals surface area contributed by atoms with Crippen LogP contribution in [0.2, 0.25) is 0 Å². The molecular weight excluding hydrogens is 318 g/mol. The normalized spacial score (nSPS) is 26.2. The Morgan fingerprint density at radius 2 is 1.65 bits per heavy atom. The zero-order valence-corrected chi connectivity index (χ0v) is 17.3. The van der Waals surface area contributed by atoms with Gasteiger partial charge in [-0.25, -0.2) is 0 Å². The molecule has 2 aromatic heterocycles.